The molecule has 0 fully saturated rings. The molecule has 0 aliphatic heterocycles. The Labute approximate surface area is 109 Å². The van der Waals surface area contributed by atoms with E-state index < -0.39 is 0 Å². The molecule has 0 saturated heterocycles. The summed E-state index contributed by atoms with van der Waals surface area (Å²) in [6.07, 6.45) is 2.11. The predicted molar refractivity (Wildman–Crippen MR) is 73.8 cm³/mol. The molecule has 2 N–H and O–H groups in total. The average molecular weight is 249 g/mol. The maximum Gasteiger partial charge on any atom is 0.251 e. The molecule has 0 aliphatic rings. The minimum Gasteiger partial charge on any atom is -0.508 e. The molecule has 3 heteroatoms. The normalized spacial score (nSPS) is 12.5. The lowest BCUT2D eigenvalue weighted by Crippen LogP contribution is -2.37. The van der Waals surface area contributed by atoms with Gasteiger partial charge in [0.2, 0.25) is 0 Å². The lowest BCUT2D eigenvalue weighted by molar-refractivity contribution is 0.0925. The molecule has 1 atom stereocenters. The summed E-state index contributed by atoms with van der Waals surface area (Å²) in [4.78, 5) is 12.0. The zero-order chi connectivity index (χ0) is 13.7. The molecule has 3 nitrogen and oxygen atoms in total. The second-order valence-electron chi connectivity index (χ2n) is 4.84. The van der Waals surface area contributed by atoms with E-state index in [0.29, 0.717) is 11.5 Å². The highest BCUT2D eigenvalue weighted by Gasteiger charge is 2.17. The van der Waals surface area contributed by atoms with Crippen molar-refractivity contribution in [2.45, 2.75) is 46.6 Å². The monoisotopic (exact) mass is 249 g/mol. The van der Waals surface area contributed by atoms with Crippen LogP contribution >= 0.6 is 0 Å². The van der Waals surface area contributed by atoms with E-state index in [2.05, 4.69) is 19.2 Å². The SMILES string of the molecule is CCC(CC)C(C)NC(=O)c1ccc(C)c(O)c1. The molecule has 0 aliphatic carbocycles. The van der Waals surface area contributed by atoms with Crippen LogP contribution in [0.2, 0.25) is 0 Å². The number of nitrogens with one attached hydrogen (secondary N) is 1. The second kappa shape index (κ2) is 6.43. The first-order valence-corrected chi connectivity index (χ1v) is 6.60. The van der Waals surface area contributed by atoms with Crippen molar-refractivity contribution in [1.82, 2.24) is 5.32 Å². The molecule has 0 spiro atoms. The minimum absolute atomic E-state index is 0.121. The van der Waals surface area contributed by atoms with Crippen molar-refractivity contribution in [3.8, 4) is 5.75 Å². The molecule has 1 aromatic rings. The van der Waals surface area contributed by atoms with Gasteiger partial charge in [0.05, 0.1) is 0 Å². The Bertz CT molecular complexity index is 411. The van der Waals surface area contributed by atoms with Gasteiger partial charge in [-0.3, -0.25) is 4.79 Å². The van der Waals surface area contributed by atoms with Gasteiger partial charge in [0, 0.05) is 11.6 Å². The number of benzene rings is 1. The smallest absolute Gasteiger partial charge is 0.251 e. The van der Waals surface area contributed by atoms with Crippen LogP contribution in [-0.2, 0) is 0 Å². The Balaban J connectivity index is 2.73. The first-order valence-electron chi connectivity index (χ1n) is 6.60. The Morgan fingerprint density at radius 2 is 1.94 bits per heavy atom. The van der Waals surface area contributed by atoms with Crippen LogP contribution in [0.15, 0.2) is 18.2 Å². The molecular weight excluding hydrogens is 226 g/mol. The first kappa shape index (κ1) is 14.6. The molecule has 1 amide bonds. The number of aromatic hydroxyl groups is 1. The van der Waals surface area contributed by atoms with E-state index in [4.69, 9.17) is 0 Å². The van der Waals surface area contributed by atoms with Crippen molar-refractivity contribution in [3.63, 3.8) is 0 Å². The fourth-order valence-corrected chi connectivity index (χ4v) is 2.15. The van der Waals surface area contributed by atoms with Gasteiger partial charge in [0.15, 0.2) is 0 Å². The van der Waals surface area contributed by atoms with Crippen molar-refractivity contribution >= 4 is 5.91 Å². The summed E-state index contributed by atoms with van der Waals surface area (Å²) in [5.41, 5.74) is 1.29. The third-order valence-electron chi connectivity index (χ3n) is 3.59. The highest BCUT2D eigenvalue weighted by atomic mass is 16.3. The number of phenols is 1. The molecule has 0 bridgehead atoms. The molecule has 0 radical (unpaired) electrons. The summed E-state index contributed by atoms with van der Waals surface area (Å²) < 4.78 is 0. The van der Waals surface area contributed by atoms with E-state index in [1.807, 2.05) is 13.8 Å². The third-order valence-corrected chi connectivity index (χ3v) is 3.59. The number of hydrogen-bond acceptors (Lipinski definition) is 2. The number of amides is 1. The standard InChI is InChI=1S/C15H23NO2/c1-5-12(6-2)11(4)16-15(18)13-8-7-10(3)14(17)9-13/h7-9,11-12,17H,5-6H2,1-4H3,(H,16,18). The van der Waals surface area contributed by atoms with E-state index in [0.717, 1.165) is 18.4 Å². The number of aryl methyl sites for hydroxylation is 1. The van der Waals surface area contributed by atoms with Crippen molar-refractivity contribution in [2.75, 3.05) is 0 Å². The summed E-state index contributed by atoms with van der Waals surface area (Å²) in [6.45, 7) is 8.11. The van der Waals surface area contributed by atoms with Crippen LogP contribution < -0.4 is 5.32 Å². The lowest BCUT2D eigenvalue weighted by Gasteiger charge is -2.22. The minimum atomic E-state index is -0.121. The quantitative estimate of drug-likeness (QED) is 0.841. The van der Waals surface area contributed by atoms with Gasteiger partial charge in [-0.05, 0) is 37.5 Å². The average Bonchev–Trinajstić information content (AvgIpc) is 2.34. The van der Waals surface area contributed by atoms with Crippen LogP contribution in [0.4, 0.5) is 0 Å². The van der Waals surface area contributed by atoms with E-state index in [9.17, 15) is 9.90 Å². The predicted octanol–water partition coefficient (Wildman–Crippen LogP) is 3.26. The van der Waals surface area contributed by atoms with Crippen LogP contribution in [0.3, 0.4) is 0 Å². The molecule has 100 valence electrons. The number of hydrogen-bond donors (Lipinski definition) is 2. The Hall–Kier alpha value is -1.51. The van der Waals surface area contributed by atoms with Gasteiger partial charge in [-0.25, -0.2) is 0 Å². The fraction of sp³-hybridized carbons (Fsp3) is 0.533. The number of rotatable bonds is 5. The number of carbonyl (C=O) groups excluding carboxylic acids is 1. The van der Waals surface area contributed by atoms with E-state index >= 15 is 0 Å². The molecular formula is C15H23NO2. The molecule has 18 heavy (non-hydrogen) atoms. The van der Waals surface area contributed by atoms with Gasteiger partial charge in [-0.15, -0.1) is 0 Å². The van der Waals surface area contributed by atoms with Crippen molar-refractivity contribution in [1.29, 1.82) is 0 Å². The van der Waals surface area contributed by atoms with Crippen LogP contribution in [0.5, 0.6) is 5.75 Å². The van der Waals surface area contributed by atoms with Gasteiger partial charge in [0.1, 0.15) is 5.75 Å². The lowest BCUT2D eigenvalue weighted by atomic mass is 9.95. The van der Waals surface area contributed by atoms with Gasteiger partial charge in [-0.2, -0.15) is 0 Å². The zero-order valence-corrected chi connectivity index (χ0v) is 11.7. The molecule has 1 aromatic carbocycles. The van der Waals surface area contributed by atoms with Crippen LogP contribution in [-0.4, -0.2) is 17.1 Å². The number of carbonyl (C=O) groups is 1. The highest BCUT2D eigenvalue weighted by molar-refractivity contribution is 5.94. The van der Waals surface area contributed by atoms with Gasteiger partial charge in [0.25, 0.3) is 5.91 Å². The molecule has 1 unspecified atom stereocenters. The van der Waals surface area contributed by atoms with Crippen molar-refractivity contribution in [2.24, 2.45) is 5.92 Å². The third kappa shape index (κ3) is 3.49. The summed E-state index contributed by atoms with van der Waals surface area (Å²) in [5.74, 6) is 0.538. The molecule has 0 heterocycles. The first-order chi connectivity index (χ1) is 8.49. The summed E-state index contributed by atoms with van der Waals surface area (Å²) in [5, 5.41) is 12.6. The summed E-state index contributed by atoms with van der Waals surface area (Å²) >= 11 is 0. The molecule has 0 aromatic heterocycles. The summed E-state index contributed by atoms with van der Waals surface area (Å²) in [6, 6.07) is 5.16. The van der Waals surface area contributed by atoms with Gasteiger partial charge >= 0.3 is 0 Å². The van der Waals surface area contributed by atoms with Crippen molar-refractivity contribution < 1.29 is 9.90 Å². The molecule has 1 rings (SSSR count). The van der Waals surface area contributed by atoms with Crippen LogP contribution in [0.1, 0.15) is 49.5 Å². The largest absolute Gasteiger partial charge is 0.508 e. The Morgan fingerprint density at radius 1 is 1.33 bits per heavy atom. The van der Waals surface area contributed by atoms with Gasteiger partial charge < -0.3 is 10.4 Å². The maximum absolute atomic E-state index is 12.0. The van der Waals surface area contributed by atoms with Gasteiger partial charge in [-0.1, -0.05) is 32.8 Å². The fourth-order valence-electron chi connectivity index (χ4n) is 2.15. The van der Waals surface area contributed by atoms with Crippen molar-refractivity contribution in [3.05, 3.63) is 29.3 Å². The summed E-state index contributed by atoms with van der Waals surface area (Å²) in [7, 11) is 0. The molecule has 0 saturated carbocycles. The van der Waals surface area contributed by atoms with E-state index in [-0.39, 0.29) is 17.7 Å². The Kier molecular flexibility index (Phi) is 5.20. The highest BCUT2D eigenvalue weighted by Crippen LogP contribution is 2.18. The van der Waals surface area contributed by atoms with E-state index in [1.165, 1.54) is 6.07 Å². The second-order valence-corrected chi connectivity index (χ2v) is 4.84. The van der Waals surface area contributed by atoms with Crippen LogP contribution in [0.25, 0.3) is 0 Å². The van der Waals surface area contributed by atoms with Crippen LogP contribution in [0, 0.1) is 12.8 Å². The topological polar surface area (TPSA) is 49.3 Å². The Morgan fingerprint density at radius 3 is 2.44 bits per heavy atom. The zero-order valence-electron chi connectivity index (χ0n) is 11.7. The number of phenolic OH excluding ortho intramolecular Hbond substituents is 1. The van der Waals surface area contributed by atoms with E-state index in [1.54, 1.807) is 12.1 Å². The maximum atomic E-state index is 12.0.